The van der Waals surface area contributed by atoms with Crippen LogP contribution < -0.4 is 16.6 Å². The monoisotopic (exact) mass is 273 g/mol. The number of aromatic amines is 1. The van der Waals surface area contributed by atoms with Gasteiger partial charge >= 0.3 is 0 Å². The molecule has 0 saturated carbocycles. The molecule has 2 aromatic rings. The van der Waals surface area contributed by atoms with Crippen LogP contribution in [0.4, 0.5) is 11.6 Å². The molecular formula is C13H15N5O2. The Kier molecular flexibility index (Phi) is 4.46. The second-order valence-corrected chi connectivity index (χ2v) is 3.98. The standard InChI is InChI=1S/C13H15N5O2/c1-20-8-10-7-11(19)17-13(16-10)18-12(14)15-9-5-3-2-4-6-9/h2-7H,8H2,1H3,(H4,14,15,16,17,18,19). The molecule has 4 N–H and O–H groups in total. The number of aliphatic imine (C=N–C) groups is 1. The minimum atomic E-state index is -0.307. The Morgan fingerprint density at radius 3 is 2.90 bits per heavy atom. The number of H-pyrrole nitrogens is 1. The van der Waals surface area contributed by atoms with Gasteiger partial charge in [-0.2, -0.15) is 4.99 Å². The molecule has 20 heavy (non-hydrogen) atoms. The summed E-state index contributed by atoms with van der Waals surface area (Å²) < 4.78 is 4.93. The Hall–Kier alpha value is -2.67. The number of nitrogens with zero attached hydrogens (tertiary/aromatic N) is 2. The minimum Gasteiger partial charge on any atom is -0.378 e. The highest BCUT2D eigenvalue weighted by Gasteiger charge is 2.01. The van der Waals surface area contributed by atoms with Gasteiger partial charge in [-0.3, -0.25) is 9.78 Å². The third-order valence-corrected chi connectivity index (χ3v) is 2.35. The molecule has 0 aliphatic heterocycles. The van der Waals surface area contributed by atoms with Gasteiger partial charge in [-0.1, -0.05) is 18.2 Å². The van der Waals surface area contributed by atoms with E-state index in [1.54, 1.807) is 0 Å². The number of anilines is 1. The molecule has 1 heterocycles. The molecule has 0 fully saturated rings. The lowest BCUT2D eigenvalue weighted by Crippen LogP contribution is -2.22. The van der Waals surface area contributed by atoms with E-state index in [1.165, 1.54) is 13.2 Å². The normalized spacial score (nSPS) is 11.3. The maximum atomic E-state index is 11.4. The Labute approximate surface area is 115 Å². The van der Waals surface area contributed by atoms with E-state index in [9.17, 15) is 4.79 Å². The fourth-order valence-corrected chi connectivity index (χ4v) is 1.58. The zero-order valence-electron chi connectivity index (χ0n) is 11.0. The molecule has 104 valence electrons. The van der Waals surface area contributed by atoms with Crippen LogP contribution in [0.2, 0.25) is 0 Å². The lowest BCUT2D eigenvalue weighted by atomic mass is 10.3. The number of nitrogens with one attached hydrogen (secondary N) is 2. The average molecular weight is 273 g/mol. The molecule has 7 heteroatoms. The van der Waals surface area contributed by atoms with E-state index in [1.807, 2.05) is 30.3 Å². The summed E-state index contributed by atoms with van der Waals surface area (Å²) >= 11 is 0. The molecule has 0 aliphatic rings. The highest BCUT2D eigenvalue weighted by molar-refractivity contribution is 5.93. The molecule has 0 saturated heterocycles. The Morgan fingerprint density at radius 2 is 2.20 bits per heavy atom. The van der Waals surface area contributed by atoms with E-state index in [4.69, 9.17) is 10.5 Å². The van der Waals surface area contributed by atoms with E-state index < -0.39 is 0 Å². The maximum Gasteiger partial charge on any atom is 0.252 e. The number of methoxy groups -OCH3 is 1. The number of rotatable bonds is 4. The molecule has 0 unspecified atom stereocenters. The second kappa shape index (κ2) is 6.48. The highest BCUT2D eigenvalue weighted by Crippen LogP contribution is 2.06. The van der Waals surface area contributed by atoms with Crippen LogP contribution in [-0.2, 0) is 11.3 Å². The minimum absolute atomic E-state index is 0.130. The van der Waals surface area contributed by atoms with E-state index in [0.717, 1.165) is 5.69 Å². The number of para-hydroxylation sites is 1. The van der Waals surface area contributed by atoms with Crippen LogP contribution in [-0.4, -0.2) is 23.0 Å². The van der Waals surface area contributed by atoms with Gasteiger partial charge in [-0.25, -0.2) is 4.98 Å². The molecular weight excluding hydrogens is 258 g/mol. The van der Waals surface area contributed by atoms with Crippen molar-refractivity contribution in [1.82, 2.24) is 9.97 Å². The number of benzene rings is 1. The molecule has 0 amide bonds. The van der Waals surface area contributed by atoms with Gasteiger partial charge in [0.05, 0.1) is 12.3 Å². The summed E-state index contributed by atoms with van der Waals surface area (Å²) in [5.74, 6) is 0.263. The second-order valence-electron chi connectivity index (χ2n) is 3.98. The summed E-state index contributed by atoms with van der Waals surface area (Å²) in [6, 6.07) is 10.7. The molecule has 0 bridgehead atoms. The van der Waals surface area contributed by atoms with Gasteiger partial charge in [0.2, 0.25) is 11.9 Å². The summed E-state index contributed by atoms with van der Waals surface area (Å²) in [5.41, 5.74) is 6.73. The van der Waals surface area contributed by atoms with Crippen molar-refractivity contribution in [3.8, 4) is 0 Å². The number of guanidine groups is 1. The topological polar surface area (TPSA) is 105 Å². The van der Waals surface area contributed by atoms with Gasteiger partial charge < -0.3 is 15.8 Å². The first-order valence-corrected chi connectivity index (χ1v) is 5.93. The van der Waals surface area contributed by atoms with Crippen molar-refractivity contribution in [1.29, 1.82) is 0 Å². The van der Waals surface area contributed by atoms with Crippen molar-refractivity contribution in [3.63, 3.8) is 0 Å². The van der Waals surface area contributed by atoms with Crippen molar-refractivity contribution in [2.24, 2.45) is 10.7 Å². The number of hydrogen-bond acceptors (Lipinski definition) is 4. The number of hydrogen-bond donors (Lipinski definition) is 3. The SMILES string of the molecule is COCc1cc(=O)[nH]c(/N=C(/N)Nc2ccccc2)n1. The summed E-state index contributed by atoms with van der Waals surface area (Å²) in [7, 11) is 1.52. The van der Waals surface area contributed by atoms with Crippen LogP contribution in [0.25, 0.3) is 0 Å². The van der Waals surface area contributed by atoms with Crippen LogP contribution in [0, 0.1) is 0 Å². The van der Waals surface area contributed by atoms with Gasteiger partial charge in [-0.05, 0) is 12.1 Å². The summed E-state index contributed by atoms with van der Waals surface area (Å²) in [6.45, 7) is 0.235. The first kappa shape index (κ1) is 13.8. The Morgan fingerprint density at radius 1 is 1.45 bits per heavy atom. The molecule has 0 aliphatic carbocycles. The van der Waals surface area contributed by atoms with Gasteiger partial charge in [-0.15, -0.1) is 0 Å². The van der Waals surface area contributed by atoms with Crippen molar-refractivity contribution in [2.75, 3.05) is 12.4 Å². The molecule has 0 spiro atoms. The van der Waals surface area contributed by atoms with Gasteiger partial charge in [0.15, 0.2) is 0 Å². The molecule has 7 nitrogen and oxygen atoms in total. The van der Waals surface area contributed by atoms with E-state index >= 15 is 0 Å². The third-order valence-electron chi connectivity index (χ3n) is 2.35. The summed E-state index contributed by atoms with van der Waals surface area (Å²) in [4.78, 5) is 22.1. The zero-order valence-corrected chi connectivity index (χ0v) is 11.0. The lowest BCUT2D eigenvalue weighted by molar-refractivity contribution is 0.181. The van der Waals surface area contributed by atoms with Crippen molar-refractivity contribution < 1.29 is 4.74 Å². The average Bonchev–Trinajstić information content (AvgIpc) is 2.39. The first-order valence-electron chi connectivity index (χ1n) is 5.93. The van der Waals surface area contributed by atoms with Crippen LogP contribution >= 0.6 is 0 Å². The Balaban J connectivity index is 2.19. The van der Waals surface area contributed by atoms with Crippen molar-refractivity contribution in [2.45, 2.75) is 6.61 Å². The van der Waals surface area contributed by atoms with E-state index in [0.29, 0.717) is 5.69 Å². The molecule has 2 rings (SSSR count). The predicted molar refractivity (Wildman–Crippen MR) is 76.9 cm³/mol. The van der Waals surface area contributed by atoms with Gasteiger partial charge in [0.25, 0.3) is 5.56 Å². The smallest absolute Gasteiger partial charge is 0.252 e. The van der Waals surface area contributed by atoms with Gasteiger partial charge in [0.1, 0.15) is 0 Å². The Bertz CT molecular complexity index is 651. The quantitative estimate of drug-likeness (QED) is 0.568. The lowest BCUT2D eigenvalue weighted by Gasteiger charge is -2.05. The van der Waals surface area contributed by atoms with E-state index in [2.05, 4.69) is 20.3 Å². The third kappa shape index (κ3) is 3.92. The van der Waals surface area contributed by atoms with Crippen LogP contribution in [0.3, 0.4) is 0 Å². The zero-order chi connectivity index (χ0) is 14.4. The fraction of sp³-hybridized carbons (Fsp3) is 0.154. The van der Waals surface area contributed by atoms with Gasteiger partial charge in [0, 0.05) is 18.9 Å². The van der Waals surface area contributed by atoms with Crippen LogP contribution in [0.1, 0.15) is 5.69 Å². The molecule has 0 atom stereocenters. The van der Waals surface area contributed by atoms with Crippen molar-refractivity contribution >= 4 is 17.6 Å². The van der Waals surface area contributed by atoms with Crippen molar-refractivity contribution in [3.05, 3.63) is 52.4 Å². The highest BCUT2D eigenvalue weighted by atomic mass is 16.5. The largest absolute Gasteiger partial charge is 0.378 e. The first-order chi connectivity index (χ1) is 9.67. The summed E-state index contributed by atoms with van der Waals surface area (Å²) in [5, 5.41) is 2.90. The maximum absolute atomic E-state index is 11.4. The number of nitrogens with two attached hydrogens (primary N) is 1. The molecule has 0 radical (unpaired) electrons. The van der Waals surface area contributed by atoms with Crippen LogP contribution in [0.5, 0.6) is 0 Å². The fourth-order valence-electron chi connectivity index (χ4n) is 1.58. The number of aromatic nitrogens is 2. The summed E-state index contributed by atoms with van der Waals surface area (Å²) in [6.07, 6.45) is 0. The number of ether oxygens (including phenoxy) is 1. The molecule has 1 aromatic heterocycles. The van der Waals surface area contributed by atoms with Crippen LogP contribution in [0.15, 0.2) is 46.2 Å². The molecule has 1 aromatic carbocycles. The van der Waals surface area contributed by atoms with E-state index in [-0.39, 0.29) is 24.1 Å². The predicted octanol–water partition coefficient (Wildman–Crippen LogP) is 0.975.